The van der Waals surface area contributed by atoms with Crippen LogP contribution in [0.5, 0.6) is 17.2 Å². The van der Waals surface area contributed by atoms with E-state index in [0.717, 1.165) is 66.9 Å². The van der Waals surface area contributed by atoms with E-state index in [2.05, 4.69) is 12.1 Å². The lowest BCUT2D eigenvalue weighted by molar-refractivity contribution is -0.887. The number of nitrogens with zero attached hydrogens (tertiary/aromatic N) is 1. The van der Waals surface area contributed by atoms with Crippen LogP contribution in [0, 0.1) is 0 Å². The average Bonchev–Trinajstić information content (AvgIpc) is 2.96. The van der Waals surface area contributed by atoms with E-state index in [9.17, 15) is 4.79 Å². The Kier molecular flexibility index (Phi) is 12.8. The summed E-state index contributed by atoms with van der Waals surface area (Å²) in [5.41, 5.74) is 2.25. The lowest BCUT2D eigenvalue weighted by Gasteiger charge is -2.32. The molecule has 0 fully saturated rings. The number of rotatable bonds is 18. The average molecular weight is 549 g/mol. The van der Waals surface area contributed by atoms with Crippen molar-refractivity contribution in [1.82, 2.24) is 0 Å². The molecule has 0 radical (unpaired) electrons. The standard InChI is InChI=1S/C34H46NO5/c1-35(2,3)33(26-28-14-10-9-11-15-28)34(36)39-25-13-8-6-5-7-12-24-38-31-20-22-32(23-21-31)40-27-29-16-18-30(37-4)19-17-29/h9-11,14-23,33H,5-8,12-13,24-27H2,1-4H3/q+1. The Hall–Kier alpha value is -3.51. The molecule has 0 aliphatic heterocycles. The number of hydrogen-bond donors (Lipinski definition) is 0. The minimum atomic E-state index is -0.203. The minimum absolute atomic E-state index is 0.106. The van der Waals surface area contributed by atoms with Crippen LogP contribution in [0.25, 0.3) is 0 Å². The topological polar surface area (TPSA) is 54.0 Å². The highest BCUT2D eigenvalue weighted by Crippen LogP contribution is 2.20. The first-order valence-electron chi connectivity index (χ1n) is 14.4. The van der Waals surface area contributed by atoms with Crippen LogP contribution in [0.3, 0.4) is 0 Å². The van der Waals surface area contributed by atoms with Gasteiger partial charge in [-0.3, -0.25) is 0 Å². The molecule has 0 saturated heterocycles. The molecule has 0 aliphatic rings. The smallest absolute Gasteiger partial charge is 0.365 e. The molecule has 6 nitrogen and oxygen atoms in total. The van der Waals surface area contributed by atoms with E-state index >= 15 is 0 Å². The molecular weight excluding hydrogens is 502 g/mol. The molecule has 0 heterocycles. The first kappa shape index (κ1) is 31.0. The highest BCUT2D eigenvalue weighted by molar-refractivity contribution is 5.75. The van der Waals surface area contributed by atoms with Gasteiger partial charge in [0.1, 0.15) is 23.9 Å². The Bertz CT molecular complexity index is 1110. The third-order valence-electron chi connectivity index (χ3n) is 6.92. The van der Waals surface area contributed by atoms with Crippen LogP contribution in [-0.4, -0.2) is 58.0 Å². The van der Waals surface area contributed by atoms with E-state index in [-0.39, 0.29) is 12.0 Å². The molecule has 0 spiro atoms. The van der Waals surface area contributed by atoms with Crippen molar-refractivity contribution in [2.45, 2.75) is 57.6 Å². The number of benzene rings is 3. The van der Waals surface area contributed by atoms with Crippen LogP contribution >= 0.6 is 0 Å². The molecule has 0 bridgehead atoms. The highest BCUT2D eigenvalue weighted by Gasteiger charge is 2.33. The molecule has 1 atom stereocenters. The Labute approximate surface area is 240 Å². The van der Waals surface area contributed by atoms with Crippen molar-refractivity contribution in [3.05, 3.63) is 90.0 Å². The van der Waals surface area contributed by atoms with Crippen LogP contribution in [0.2, 0.25) is 0 Å². The number of unbranched alkanes of at least 4 members (excludes halogenated alkanes) is 5. The Morgan fingerprint density at radius 1 is 0.650 bits per heavy atom. The summed E-state index contributed by atoms with van der Waals surface area (Å²) < 4.78 is 23.1. The predicted molar refractivity (Wildman–Crippen MR) is 160 cm³/mol. The molecule has 0 N–H and O–H groups in total. The molecule has 40 heavy (non-hydrogen) atoms. The molecule has 0 saturated carbocycles. The van der Waals surface area contributed by atoms with Crippen LogP contribution in [-0.2, 0) is 22.6 Å². The monoisotopic (exact) mass is 548 g/mol. The summed E-state index contributed by atoms with van der Waals surface area (Å²) in [5.74, 6) is 2.41. The maximum Gasteiger partial charge on any atom is 0.365 e. The van der Waals surface area contributed by atoms with E-state index in [1.807, 2.05) is 87.9 Å². The quantitative estimate of drug-likeness (QED) is 0.0988. The van der Waals surface area contributed by atoms with E-state index in [0.29, 0.717) is 30.7 Å². The third kappa shape index (κ3) is 11.3. The lowest BCUT2D eigenvalue weighted by atomic mass is 10.0. The molecular formula is C34H46NO5+. The summed E-state index contributed by atoms with van der Waals surface area (Å²) in [6.45, 7) is 1.71. The molecule has 3 aromatic rings. The minimum Gasteiger partial charge on any atom is -0.497 e. The van der Waals surface area contributed by atoms with Crippen LogP contribution in [0.4, 0.5) is 0 Å². The van der Waals surface area contributed by atoms with Crippen LogP contribution < -0.4 is 14.2 Å². The lowest BCUT2D eigenvalue weighted by Crippen LogP contribution is -2.51. The van der Waals surface area contributed by atoms with Gasteiger partial charge in [-0.05, 0) is 60.4 Å². The Morgan fingerprint density at radius 2 is 1.20 bits per heavy atom. The number of carbonyl (C=O) groups is 1. The van der Waals surface area contributed by atoms with Crippen molar-refractivity contribution in [2.24, 2.45) is 0 Å². The van der Waals surface area contributed by atoms with Crippen molar-refractivity contribution in [3.8, 4) is 17.2 Å². The van der Waals surface area contributed by atoms with Crippen molar-refractivity contribution < 1.29 is 28.2 Å². The SMILES string of the molecule is COc1ccc(COc2ccc(OCCCCCCCCOC(=O)C(Cc3ccccc3)[N+](C)(C)C)cc2)cc1. The number of methoxy groups -OCH3 is 1. The zero-order valence-electron chi connectivity index (χ0n) is 24.6. The number of carbonyl (C=O) groups excluding carboxylic acids is 1. The normalized spacial score (nSPS) is 12.0. The molecule has 1 unspecified atom stereocenters. The number of esters is 1. The van der Waals surface area contributed by atoms with Gasteiger partial charge in [-0.1, -0.05) is 68.1 Å². The van der Waals surface area contributed by atoms with Crippen LogP contribution in [0.1, 0.15) is 49.7 Å². The van der Waals surface area contributed by atoms with Crippen LogP contribution in [0.15, 0.2) is 78.9 Å². The largest absolute Gasteiger partial charge is 0.497 e. The summed E-state index contributed by atoms with van der Waals surface area (Å²) in [6.07, 6.45) is 7.11. The fraction of sp³-hybridized carbons (Fsp3) is 0.441. The molecule has 216 valence electrons. The van der Waals surface area contributed by atoms with E-state index in [4.69, 9.17) is 18.9 Å². The number of quaternary nitrogens is 1. The van der Waals surface area contributed by atoms with Gasteiger partial charge in [0.2, 0.25) is 0 Å². The molecule has 6 heteroatoms. The molecule has 0 aliphatic carbocycles. The van der Waals surface area contributed by atoms with Gasteiger partial charge < -0.3 is 23.4 Å². The molecule has 3 aromatic carbocycles. The maximum atomic E-state index is 12.8. The van der Waals surface area contributed by atoms with E-state index in [1.165, 1.54) is 0 Å². The van der Waals surface area contributed by atoms with Gasteiger partial charge in [-0.25, -0.2) is 4.79 Å². The summed E-state index contributed by atoms with van der Waals surface area (Å²) in [7, 11) is 7.81. The number of likely N-dealkylation sites (N-methyl/N-ethyl adjacent to an activating group) is 1. The first-order valence-corrected chi connectivity index (χ1v) is 14.4. The number of ether oxygens (including phenoxy) is 4. The summed E-state index contributed by atoms with van der Waals surface area (Å²) in [6, 6.07) is 25.6. The number of hydrogen-bond acceptors (Lipinski definition) is 5. The summed E-state index contributed by atoms with van der Waals surface area (Å²) in [5, 5.41) is 0. The van der Waals surface area contributed by atoms with Gasteiger partial charge in [-0.15, -0.1) is 0 Å². The van der Waals surface area contributed by atoms with E-state index in [1.54, 1.807) is 7.11 Å². The first-order chi connectivity index (χ1) is 19.3. The highest BCUT2D eigenvalue weighted by atomic mass is 16.5. The Balaban J connectivity index is 1.21. The van der Waals surface area contributed by atoms with Gasteiger partial charge in [-0.2, -0.15) is 0 Å². The summed E-state index contributed by atoms with van der Waals surface area (Å²) in [4.78, 5) is 12.8. The second kappa shape index (κ2) is 16.6. The molecule has 0 aromatic heterocycles. The zero-order valence-corrected chi connectivity index (χ0v) is 24.6. The fourth-order valence-corrected chi connectivity index (χ4v) is 4.40. The van der Waals surface area contributed by atoms with Crippen molar-refractivity contribution >= 4 is 5.97 Å². The summed E-state index contributed by atoms with van der Waals surface area (Å²) >= 11 is 0. The molecule has 0 amide bonds. The van der Waals surface area contributed by atoms with Crippen molar-refractivity contribution in [3.63, 3.8) is 0 Å². The second-order valence-corrected chi connectivity index (χ2v) is 11.1. The maximum absolute atomic E-state index is 12.8. The van der Waals surface area contributed by atoms with Crippen molar-refractivity contribution in [2.75, 3.05) is 41.5 Å². The van der Waals surface area contributed by atoms with E-state index < -0.39 is 0 Å². The predicted octanol–water partition coefficient (Wildman–Crippen LogP) is 6.85. The van der Waals surface area contributed by atoms with Gasteiger partial charge in [0, 0.05) is 6.42 Å². The fourth-order valence-electron chi connectivity index (χ4n) is 4.40. The van der Waals surface area contributed by atoms with Gasteiger partial charge in [0.05, 0.1) is 41.5 Å². The third-order valence-corrected chi connectivity index (χ3v) is 6.92. The van der Waals surface area contributed by atoms with Gasteiger partial charge in [0.25, 0.3) is 0 Å². The zero-order chi connectivity index (χ0) is 28.6. The Morgan fingerprint density at radius 3 is 1.80 bits per heavy atom. The van der Waals surface area contributed by atoms with Gasteiger partial charge in [0.15, 0.2) is 6.04 Å². The molecule has 3 rings (SSSR count). The van der Waals surface area contributed by atoms with Crippen molar-refractivity contribution in [1.29, 1.82) is 0 Å². The van der Waals surface area contributed by atoms with Gasteiger partial charge >= 0.3 is 5.97 Å². The second-order valence-electron chi connectivity index (χ2n) is 11.1.